The van der Waals surface area contributed by atoms with Crippen LogP contribution in [0.1, 0.15) is 23.6 Å². The van der Waals surface area contributed by atoms with Gasteiger partial charge in [0.05, 0.1) is 31.3 Å². The van der Waals surface area contributed by atoms with E-state index in [0.717, 1.165) is 12.1 Å². The standard InChI is InChI=1S/C12H12FNO3/c1-2-17-12(16)5-8-3-10(13)4-9(6-14)11(8)7-15/h3-4,15H,2,5,7H2,1H3. The Hall–Kier alpha value is -1.93. The molecule has 90 valence electrons. The molecular weight excluding hydrogens is 225 g/mol. The quantitative estimate of drug-likeness (QED) is 0.801. The molecule has 4 nitrogen and oxygen atoms in total. The Labute approximate surface area is 98.2 Å². The van der Waals surface area contributed by atoms with Crippen LogP contribution in [0.5, 0.6) is 0 Å². The molecule has 0 saturated heterocycles. The van der Waals surface area contributed by atoms with Crippen LogP contribution in [0.4, 0.5) is 4.39 Å². The highest BCUT2D eigenvalue weighted by Crippen LogP contribution is 2.18. The molecule has 1 aromatic carbocycles. The smallest absolute Gasteiger partial charge is 0.310 e. The van der Waals surface area contributed by atoms with Crippen LogP contribution in [0, 0.1) is 17.1 Å². The second-order valence-electron chi connectivity index (χ2n) is 3.34. The number of hydrogen-bond donors (Lipinski definition) is 1. The molecule has 0 amide bonds. The molecule has 0 atom stereocenters. The molecular formula is C12H12FNO3. The van der Waals surface area contributed by atoms with Crippen molar-refractivity contribution in [2.75, 3.05) is 6.61 Å². The van der Waals surface area contributed by atoms with E-state index in [1.54, 1.807) is 13.0 Å². The lowest BCUT2D eigenvalue weighted by atomic mass is 9.99. The summed E-state index contributed by atoms with van der Waals surface area (Å²) in [5, 5.41) is 17.9. The zero-order chi connectivity index (χ0) is 12.8. The number of carbonyl (C=O) groups excluding carboxylic acids is 1. The lowest BCUT2D eigenvalue weighted by molar-refractivity contribution is -0.142. The zero-order valence-corrected chi connectivity index (χ0v) is 9.36. The first-order valence-electron chi connectivity index (χ1n) is 5.10. The Morgan fingerprint density at radius 2 is 2.29 bits per heavy atom. The molecule has 0 unspecified atom stereocenters. The Morgan fingerprint density at radius 3 is 2.82 bits per heavy atom. The summed E-state index contributed by atoms with van der Waals surface area (Å²) in [6, 6.07) is 3.94. The maximum absolute atomic E-state index is 13.2. The highest BCUT2D eigenvalue weighted by Gasteiger charge is 2.14. The normalized spacial score (nSPS) is 9.76. The fourth-order valence-corrected chi connectivity index (χ4v) is 1.50. The molecule has 1 rings (SSSR count). The van der Waals surface area contributed by atoms with Crippen molar-refractivity contribution in [3.05, 3.63) is 34.6 Å². The SMILES string of the molecule is CCOC(=O)Cc1cc(F)cc(C#N)c1CO. The molecule has 0 heterocycles. The van der Waals surface area contributed by atoms with Crippen molar-refractivity contribution < 1.29 is 19.0 Å². The highest BCUT2D eigenvalue weighted by atomic mass is 19.1. The van der Waals surface area contributed by atoms with E-state index in [1.807, 2.05) is 0 Å². The van der Waals surface area contributed by atoms with Crippen LogP contribution in [-0.2, 0) is 22.6 Å². The molecule has 17 heavy (non-hydrogen) atoms. The predicted molar refractivity (Wildman–Crippen MR) is 57.4 cm³/mol. The highest BCUT2D eigenvalue weighted by molar-refractivity contribution is 5.73. The molecule has 0 saturated carbocycles. The van der Waals surface area contributed by atoms with E-state index in [2.05, 4.69) is 0 Å². The fourth-order valence-electron chi connectivity index (χ4n) is 1.50. The number of benzene rings is 1. The third-order valence-corrected chi connectivity index (χ3v) is 2.23. The van der Waals surface area contributed by atoms with Crippen molar-refractivity contribution in [3.63, 3.8) is 0 Å². The number of aliphatic hydroxyl groups is 1. The van der Waals surface area contributed by atoms with Gasteiger partial charge in [-0.3, -0.25) is 4.79 Å². The molecule has 0 fully saturated rings. The van der Waals surface area contributed by atoms with Crippen molar-refractivity contribution in [2.45, 2.75) is 20.0 Å². The van der Waals surface area contributed by atoms with Crippen LogP contribution in [0.2, 0.25) is 0 Å². The van der Waals surface area contributed by atoms with Gasteiger partial charge in [0.1, 0.15) is 5.82 Å². The van der Waals surface area contributed by atoms with Gasteiger partial charge in [-0.15, -0.1) is 0 Å². The van der Waals surface area contributed by atoms with E-state index in [1.165, 1.54) is 0 Å². The third kappa shape index (κ3) is 3.26. The molecule has 1 aromatic rings. The Bertz CT molecular complexity index is 466. The van der Waals surface area contributed by atoms with Crippen LogP contribution >= 0.6 is 0 Å². The van der Waals surface area contributed by atoms with Crippen molar-refractivity contribution >= 4 is 5.97 Å². The number of rotatable bonds is 4. The molecule has 0 aliphatic heterocycles. The number of carbonyl (C=O) groups is 1. The summed E-state index contributed by atoms with van der Waals surface area (Å²) in [7, 11) is 0. The first-order valence-corrected chi connectivity index (χ1v) is 5.10. The lowest BCUT2D eigenvalue weighted by Gasteiger charge is -2.09. The number of ether oxygens (including phenoxy) is 1. The van der Waals surface area contributed by atoms with Gasteiger partial charge >= 0.3 is 5.97 Å². The maximum atomic E-state index is 13.2. The molecule has 0 bridgehead atoms. The van der Waals surface area contributed by atoms with E-state index in [0.29, 0.717) is 0 Å². The topological polar surface area (TPSA) is 70.3 Å². The maximum Gasteiger partial charge on any atom is 0.310 e. The first kappa shape index (κ1) is 13.1. The zero-order valence-electron chi connectivity index (χ0n) is 9.36. The van der Waals surface area contributed by atoms with Crippen molar-refractivity contribution in [1.82, 2.24) is 0 Å². The minimum Gasteiger partial charge on any atom is -0.466 e. The van der Waals surface area contributed by atoms with Gasteiger partial charge in [0.2, 0.25) is 0 Å². The third-order valence-electron chi connectivity index (χ3n) is 2.23. The van der Waals surface area contributed by atoms with Crippen molar-refractivity contribution in [3.8, 4) is 6.07 Å². The number of nitrogens with zero attached hydrogens (tertiary/aromatic N) is 1. The van der Waals surface area contributed by atoms with Gasteiger partial charge in [-0.05, 0) is 30.2 Å². The van der Waals surface area contributed by atoms with Crippen LogP contribution in [0.25, 0.3) is 0 Å². The monoisotopic (exact) mass is 237 g/mol. The molecule has 5 heteroatoms. The molecule has 0 aromatic heterocycles. The van der Waals surface area contributed by atoms with Crippen molar-refractivity contribution in [2.24, 2.45) is 0 Å². The molecule has 0 radical (unpaired) electrons. The Kier molecular flexibility index (Phi) is 4.61. The van der Waals surface area contributed by atoms with Gasteiger partial charge < -0.3 is 9.84 Å². The molecule has 0 aliphatic rings. The summed E-state index contributed by atoms with van der Waals surface area (Å²) >= 11 is 0. The van der Waals surface area contributed by atoms with Gasteiger partial charge in [0.15, 0.2) is 0 Å². The number of esters is 1. The largest absolute Gasteiger partial charge is 0.466 e. The van der Waals surface area contributed by atoms with Crippen LogP contribution < -0.4 is 0 Å². The van der Waals surface area contributed by atoms with Gasteiger partial charge in [-0.25, -0.2) is 4.39 Å². The Morgan fingerprint density at radius 1 is 1.59 bits per heavy atom. The second-order valence-corrected chi connectivity index (χ2v) is 3.34. The summed E-state index contributed by atoms with van der Waals surface area (Å²) in [4.78, 5) is 11.3. The minimum absolute atomic E-state index is 0.0341. The summed E-state index contributed by atoms with van der Waals surface area (Å²) in [5.74, 6) is -1.13. The summed E-state index contributed by atoms with van der Waals surface area (Å²) in [6.07, 6.45) is -0.157. The number of halogens is 1. The van der Waals surface area contributed by atoms with E-state index in [9.17, 15) is 9.18 Å². The van der Waals surface area contributed by atoms with Crippen LogP contribution in [-0.4, -0.2) is 17.7 Å². The van der Waals surface area contributed by atoms with Crippen molar-refractivity contribution in [1.29, 1.82) is 5.26 Å². The average molecular weight is 237 g/mol. The van der Waals surface area contributed by atoms with E-state index < -0.39 is 18.4 Å². The van der Waals surface area contributed by atoms with E-state index in [-0.39, 0.29) is 29.7 Å². The second kappa shape index (κ2) is 5.97. The average Bonchev–Trinajstić information content (AvgIpc) is 2.28. The minimum atomic E-state index is -0.613. The molecule has 1 N–H and O–H groups in total. The summed E-state index contributed by atoms with van der Waals surface area (Å²) in [5.41, 5.74) is 0.580. The number of nitriles is 1. The van der Waals surface area contributed by atoms with Gasteiger partial charge in [0, 0.05) is 0 Å². The Balaban J connectivity index is 3.10. The summed E-state index contributed by atoms with van der Waals surface area (Å²) in [6.45, 7) is 1.47. The van der Waals surface area contributed by atoms with Crippen LogP contribution in [0.15, 0.2) is 12.1 Å². The van der Waals surface area contributed by atoms with Crippen LogP contribution in [0.3, 0.4) is 0 Å². The van der Waals surface area contributed by atoms with Gasteiger partial charge in [-0.2, -0.15) is 5.26 Å². The predicted octanol–water partition coefficient (Wildman–Crippen LogP) is 1.30. The molecule has 0 aliphatic carbocycles. The van der Waals surface area contributed by atoms with Gasteiger partial charge in [0.25, 0.3) is 0 Å². The number of hydrogen-bond acceptors (Lipinski definition) is 4. The fraction of sp³-hybridized carbons (Fsp3) is 0.333. The van der Waals surface area contributed by atoms with E-state index >= 15 is 0 Å². The summed E-state index contributed by atoms with van der Waals surface area (Å²) < 4.78 is 17.9. The first-order chi connectivity index (χ1) is 8.12. The molecule has 0 spiro atoms. The van der Waals surface area contributed by atoms with E-state index in [4.69, 9.17) is 15.1 Å². The number of aliphatic hydroxyl groups excluding tert-OH is 1. The lowest BCUT2D eigenvalue weighted by Crippen LogP contribution is -2.10. The van der Waals surface area contributed by atoms with Gasteiger partial charge in [-0.1, -0.05) is 0 Å².